The van der Waals surface area contributed by atoms with Crippen molar-refractivity contribution in [2.45, 2.75) is 63.7 Å². The quantitative estimate of drug-likeness (QED) is 0.748. The maximum absolute atomic E-state index is 12.0. The van der Waals surface area contributed by atoms with Gasteiger partial charge in [0.05, 0.1) is 12.0 Å². The number of aliphatic carboxylic acids is 1. The van der Waals surface area contributed by atoms with Crippen LogP contribution in [0.3, 0.4) is 0 Å². The van der Waals surface area contributed by atoms with Crippen LogP contribution in [0.15, 0.2) is 0 Å². The minimum Gasteiger partial charge on any atom is -0.478 e. The summed E-state index contributed by atoms with van der Waals surface area (Å²) in [7, 11) is 0. The molecule has 0 aromatic heterocycles. The van der Waals surface area contributed by atoms with E-state index in [9.17, 15) is 19.5 Å². The van der Waals surface area contributed by atoms with Crippen LogP contribution in [0.2, 0.25) is 0 Å². The summed E-state index contributed by atoms with van der Waals surface area (Å²) in [4.78, 5) is 35.0. The van der Waals surface area contributed by atoms with Gasteiger partial charge in [-0.25, -0.2) is 9.59 Å². The Morgan fingerprint density at radius 2 is 2.10 bits per heavy atom. The molecule has 0 unspecified atom stereocenters. The average molecular weight is 299 g/mol. The molecule has 118 valence electrons. The van der Waals surface area contributed by atoms with Gasteiger partial charge in [-0.1, -0.05) is 6.42 Å². The third-order valence-corrected chi connectivity index (χ3v) is 3.92. The Labute approximate surface area is 123 Å². The Morgan fingerprint density at radius 3 is 2.67 bits per heavy atom. The topological polar surface area (TPSA) is 102 Å². The molecule has 7 nitrogen and oxygen atoms in total. The fraction of sp³-hybridized carbons (Fsp3) is 0.786. The first-order chi connectivity index (χ1) is 9.63. The first kappa shape index (κ1) is 15.6. The van der Waals surface area contributed by atoms with Gasteiger partial charge in [0.25, 0.3) is 0 Å². The molecule has 1 aliphatic heterocycles. The molecule has 21 heavy (non-hydrogen) atoms. The van der Waals surface area contributed by atoms with Gasteiger partial charge in [0, 0.05) is 5.92 Å². The lowest BCUT2D eigenvalue weighted by molar-refractivity contribution is -0.178. The van der Waals surface area contributed by atoms with Crippen molar-refractivity contribution in [3.63, 3.8) is 0 Å². The van der Waals surface area contributed by atoms with E-state index in [4.69, 9.17) is 9.47 Å². The summed E-state index contributed by atoms with van der Waals surface area (Å²) in [6, 6.07) is 0. The van der Waals surface area contributed by atoms with E-state index in [1.54, 1.807) is 20.8 Å². The number of cyclic esters (lactones) is 1. The van der Waals surface area contributed by atoms with Crippen LogP contribution in [0.4, 0.5) is 4.79 Å². The van der Waals surface area contributed by atoms with E-state index in [0.717, 1.165) is 6.42 Å². The molecular weight excluding hydrogens is 278 g/mol. The van der Waals surface area contributed by atoms with E-state index >= 15 is 0 Å². The Kier molecular flexibility index (Phi) is 3.86. The Bertz CT molecular complexity index is 469. The van der Waals surface area contributed by atoms with Gasteiger partial charge in [0.15, 0.2) is 0 Å². The smallest absolute Gasteiger partial charge is 0.408 e. The number of hydrogen-bond donors (Lipinski definition) is 2. The first-order valence-electron chi connectivity index (χ1n) is 7.06. The highest BCUT2D eigenvalue weighted by atomic mass is 16.6. The number of carboxylic acid groups (broad SMARTS) is 1. The Hall–Kier alpha value is -1.79. The number of ether oxygens (including phenoxy) is 2. The van der Waals surface area contributed by atoms with E-state index in [1.165, 1.54) is 0 Å². The van der Waals surface area contributed by atoms with Crippen LogP contribution in [0.1, 0.15) is 46.5 Å². The largest absolute Gasteiger partial charge is 0.478 e. The average Bonchev–Trinajstić information content (AvgIpc) is 2.67. The minimum absolute atomic E-state index is 0.0132. The molecule has 7 heteroatoms. The second kappa shape index (κ2) is 5.20. The number of fused-ring (bicyclic) bond motifs is 1. The summed E-state index contributed by atoms with van der Waals surface area (Å²) in [5.41, 5.74) is -1.53. The molecule has 0 aromatic carbocycles. The number of alkyl carbamates (subject to hydrolysis) is 1. The van der Waals surface area contributed by atoms with Crippen molar-refractivity contribution in [2.24, 2.45) is 5.92 Å². The van der Waals surface area contributed by atoms with Gasteiger partial charge in [0.1, 0.15) is 5.60 Å². The van der Waals surface area contributed by atoms with E-state index in [2.05, 4.69) is 5.32 Å². The molecule has 1 aliphatic carbocycles. The van der Waals surface area contributed by atoms with Crippen LogP contribution in [0, 0.1) is 5.92 Å². The van der Waals surface area contributed by atoms with Gasteiger partial charge in [-0.15, -0.1) is 0 Å². The first-order valence-corrected chi connectivity index (χ1v) is 7.06. The van der Waals surface area contributed by atoms with Gasteiger partial charge in [0.2, 0.25) is 6.10 Å². The van der Waals surface area contributed by atoms with Crippen LogP contribution < -0.4 is 5.32 Å². The zero-order valence-electron chi connectivity index (χ0n) is 12.5. The lowest BCUT2D eigenvalue weighted by atomic mass is 9.78. The normalized spacial score (nSPS) is 32.0. The van der Waals surface area contributed by atoms with Gasteiger partial charge >= 0.3 is 18.0 Å². The van der Waals surface area contributed by atoms with Crippen LogP contribution in [-0.4, -0.2) is 40.4 Å². The van der Waals surface area contributed by atoms with Crippen molar-refractivity contribution in [3.05, 3.63) is 0 Å². The Morgan fingerprint density at radius 1 is 1.43 bits per heavy atom. The van der Waals surface area contributed by atoms with Crippen molar-refractivity contribution in [3.8, 4) is 0 Å². The van der Waals surface area contributed by atoms with E-state index in [1.807, 2.05) is 0 Å². The molecule has 0 aromatic rings. The lowest BCUT2D eigenvalue weighted by Crippen LogP contribution is -2.61. The van der Waals surface area contributed by atoms with E-state index in [0.29, 0.717) is 12.8 Å². The second-order valence-corrected chi connectivity index (χ2v) is 6.71. The summed E-state index contributed by atoms with van der Waals surface area (Å²) in [5, 5.41) is 12.0. The summed E-state index contributed by atoms with van der Waals surface area (Å²) in [5.74, 6) is -2.19. The van der Waals surface area contributed by atoms with Gasteiger partial charge < -0.3 is 19.9 Å². The predicted molar refractivity (Wildman–Crippen MR) is 71.6 cm³/mol. The molecule has 1 amide bonds. The fourth-order valence-corrected chi connectivity index (χ4v) is 3.21. The highest BCUT2D eigenvalue weighted by molar-refractivity contribution is 5.82. The SMILES string of the molecule is CC(C)(C)OC(=O)N[C@@]12CCC[C@H]1[C@H](C(=O)O)OC(=O)C2. The van der Waals surface area contributed by atoms with Crippen molar-refractivity contribution < 1.29 is 29.0 Å². The van der Waals surface area contributed by atoms with Crippen molar-refractivity contribution in [1.82, 2.24) is 5.32 Å². The van der Waals surface area contributed by atoms with Gasteiger partial charge in [-0.2, -0.15) is 0 Å². The zero-order valence-corrected chi connectivity index (χ0v) is 12.5. The van der Waals surface area contributed by atoms with Gasteiger partial charge in [-0.3, -0.25) is 4.79 Å². The fourth-order valence-electron chi connectivity index (χ4n) is 3.21. The third kappa shape index (κ3) is 3.28. The zero-order chi connectivity index (χ0) is 15.8. The minimum atomic E-state index is -1.20. The molecule has 0 bridgehead atoms. The molecule has 2 rings (SSSR count). The van der Waals surface area contributed by atoms with Crippen LogP contribution in [0.5, 0.6) is 0 Å². The van der Waals surface area contributed by atoms with Gasteiger partial charge in [-0.05, 0) is 33.6 Å². The molecule has 2 aliphatic rings. The van der Waals surface area contributed by atoms with Crippen molar-refractivity contribution in [2.75, 3.05) is 0 Å². The molecule has 1 heterocycles. The number of carbonyl (C=O) groups is 3. The second-order valence-electron chi connectivity index (χ2n) is 6.71. The molecule has 3 atom stereocenters. The van der Waals surface area contributed by atoms with Crippen LogP contribution >= 0.6 is 0 Å². The number of esters is 1. The molecule has 1 saturated heterocycles. The molecule has 0 spiro atoms. The van der Waals surface area contributed by atoms with Crippen LogP contribution in [0.25, 0.3) is 0 Å². The summed E-state index contributed by atoms with van der Waals surface area (Å²) in [6.07, 6.45) is 0.0362. The molecule has 1 saturated carbocycles. The Balaban J connectivity index is 2.19. The number of carbonyl (C=O) groups excluding carboxylic acids is 2. The molecule has 0 radical (unpaired) electrons. The number of amides is 1. The summed E-state index contributed by atoms with van der Waals surface area (Å²) < 4.78 is 10.2. The molecule has 2 fully saturated rings. The predicted octanol–water partition coefficient (Wildman–Crippen LogP) is 1.45. The van der Waals surface area contributed by atoms with Crippen molar-refractivity contribution in [1.29, 1.82) is 0 Å². The summed E-state index contributed by atoms with van der Waals surface area (Å²) >= 11 is 0. The van der Waals surface area contributed by atoms with Crippen molar-refractivity contribution >= 4 is 18.0 Å². The molecular formula is C14H21NO6. The van der Waals surface area contributed by atoms with E-state index in [-0.39, 0.29) is 6.42 Å². The van der Waals surface area contributed by atoms with E-state index < -0.39 is 41.2 Å². The summed E-state index contributed by atoms with van der Waals surface area (Å²) in [6.45, 7) is 5.22. The highest BCUT2D eigenvalue weighted by Gasteiger charge is 2.56. The lowest BCUT2D eigenvalue weighted by Gasteiger charge is -2.42. The standard InChI is InChI=1S/C14H21NO6/c1-13(2,3)21-12(19)15-14-6-4-5-8(14)10(11(17)18)20-9(16)7-14/h8,10H,4-7H2,1-3H3,(H,15,19)(H,17,18)/t8-,10+,14+/m0/s1. The molecule has 2 N–H and O–H groups in total. The monoisotopic (exact) mass is 299 g/mol. The van der Waals surface area contributed by atoms with Crippen LogP contribution in [-0.2, 0) is 19.1 Å². The third-order valence-electron chi connectivity index (χ3n) is 3.92. The highest BCUT2D eigenvalue weighted by Crippen LogP contribution is 2.44. The number of rotatable bonds is 2. The maximum atomic E-state index is 12.0. The number of nitrogens with one attached hydrogen (secondary N) is 1. The number of hydrogen-bond acceptors (Lipinski definition) is 5. The maximum Gasteiger partial charge on any atom is 0.408 e. The number of carboxylic acids is 1.